The molecule has 2 aliphatic rings. The number of methoxy groups -OCH3 is 1. The second-order valence-electron chi connectivity index (χ2n) is 7.56. The number of hydrogen-bond donors (Lipinski definition) is 0. The first-order chi connectivity index (χ1) is 13.7. The molecule has 1 aromatic carbocycles. The van der Waals surface area contributed by atoms with Crippen molar-refractivity contribution in [1.82, 2.24) is 14.7 Å². The maximum atomic E-state index is 13.1. The number of benzene rings is 1. The number of halogens is 3. The van der Waals surface area contributed by atoms with Gasteiger partial charge in [0.05, 0.1) is 18.4 Å². The highest BCUT2D eigenvalue weighted by atomic mass is 19.4. The smallest absolute Gasteiger partial charge is 0.416 e. The third-order valence-corrected chi connectivity index (χ3v) is 5.88. The molecule has 1 amide bonds. The van der Waals surface area contributed by atoms with Crippen LogP contribution in [0, 0.1) is 18.8 Å². The number of esters is 1. The van der Waals surface area contributed by atoms with Crippen LogP contribution in [0.25, 0.3) is 5.69 Å². The van der Waals surface area contributed by atoms with Crippen LogP contribution in [0.5, 0.6) is 0 Å². The minimum atomic E-state index is -4.47. The predicted molar refractivity (Wildman–Crippen MR) is 96.4 cm³/mol. The Labute approximate surface area is 165 Å². The van der Waals surface area contributed by atoms with Crippen molar-refractivity contribution >= 4 is 11.9 Å². The van der Waals surface area contributed by atoms with Gasteiger partial charge in [0.1, 0.15) is 6.04 Å². The summed E-state index contributed by atoms with van der Waals surface area (Å²) in [6, 6.07) is 5.65. The van der Waals surface area contributed by atoms with E-state index in [1.54, 1.807) is 6.92 Å². The third kappa shape index (κ3) is 3.28. The highest BCUT2D eigenvalue weighted by molar-refractivity contribution is 5.96. The van der Waals surface area contributed by atoms with Crippen LogP contribution >= 0.6 is 0 Å². The Morgan fingerprint density at radius 1 is 1.21 bits per heavy atom. The summed E-state index contributed by atoms with van der Waals surface area (Å²) < 4.78 is 45.2. The normalized spacial score (nSPS) is 23.5. The van der Waals surface area contributed by atoms with Gasteiger partial charge >= 0.3 is 12.1 Å². The van der Waals surface area contributed by atoms with E-state index < -0.39 is 29.7 Å². The van der Waals surface area contributed by atoms with Crippen LogP contribution in [0.3, 0.4) is 0 Å². The quantitative estimate of drug-likeness (QED) is 0.733. The molecule has 1 saturated heterocycles. The molecule has 1 aliphatic heterocycles. The molecule has 0 unspecified atom stereocenters. The van der Waals surface area contributed by atoms with E-state index in [-0.39, 0.29) is 23.2 Å². The van der Waals surface area contributed by atoms with Gasteiger partial charge in [-0.1, -0.05) is 6.07 Å². The van der Waals surface area contributed by atoms with Crippen molar-refractivity contribution in [2.45, 2.75) is 32.0 Å². The highest BCUT2D eigenvalue weighted by Crippen LogP contribution is 2.45. The van der Waals surface area contributed by atoms with Gasteiger partial charge in [-0.3, -0.25) is 4.79 Å². The average molecular weight is 407 g/mol. The third-order valence-electron chi connectivity index (χ3n) is 5.88. The summed E-state index contributed by atoms with van der Waals surface area (Å²) >= 11 is 0. The van der Waals surface area contributed by atoms with E-state index in [0.29, 0.717) is 12.2 Å². The minimum Gasteiger partial charge on any atom is -0.467 e. The van der Waals surface area contributed by atoms with Gasteiger partial charge in [0.25, 0.3) is 5.91 Å². The van der Waals surface area contributed by atoms with Gasteiger partial charge < -0.3 is 9.64 Å². The lowest BCUT2D eigenvalue weighted by molar-refractivity contribution is -0.147. The molecule has 0 bridgehead atoms. The second-order valence-corrected chi connectivity index (χ2v) is 7.56. The molecule has 154 valence electrons. The first kappa shape index (κ1) is 19.5. The van der Waals surface area contributed by atoms with E-state index in [2.05, 4.69) is 5.10 Å². The molecule has 0 spiro atoms. The SMILES string of the molecule is COC(=O)[C@@H]1[C@@H]2CC[C@@H]2CN1C(=O)c1cc(C)n(-c2cccc(C(F)(F)F)c2)n1. The van der Waals surface area contributed by atoms with Crippen molar-refractivity contribution in [1.29, 1.82) is 0 Å². The fourth-order valence-electron chi connectivity index (χ4n) is 4.27. The van der Waals surface area contributed by atoms with Crippen LogP contribution < -0.4 is 0 Å². The molecule has 4 rings (SSSR count). The molecule has 0 N–H and O–H groups in total. The number of fused-ring (bicyclic) bond motifs is 1. The molecule has 2 aromatic rings. The predicted octanol–water partition coefficient (Wildman–Crippen LogP) is 3.22. The molecule has 6 nitrogen and oxygen atoms in total. The van der Waals surface area contributed by atoms with Crippen LogP contribution in [-0.2, 0) is 15.7 Å². The van der Waals surface area contributed by atoms with Crippen molar-refractivity contribution in [3.8, 4) is 5.69 Å². The van der Waals surface area contributed by atoms with Gasteiger partial charge in [-0.15, -0.1) is 0 Å². The first-order valence-electron chi connectivity index (χ1n) is 9.34. The number of carbonyl (C=O) groups is 2. The number of ether oxygens (including phenoxy) is 1. The molecule has 0 radical (unpaired) electrons. The monoisotopic (exact) mass is 407 g/mol. The molecule has 1 saturated carbocycles. The number of aromatic nitrogens is 2. The largest absolute Gasteiger partial charge is 0.467 e. The Hall–Kier alpha value is -2.84. The molecular formula is C20H20F3N3O3. The van der Waals surface area contributed by atoms with Gasteiger partial charge in [-0.05, 0) is 55.9 Å². The molecule has 2 heterocycles. The van der Waals surface area contributed by atoms with Crippen molar-refractivity contribution < 1.29 is 27.5 Å². The lowest BCUT2D eigenvalue weighted by Crippen LogP contribution is -2.44. The fourth-order valence-corrected chi connectivity index (χ4v) is 4.27. The Balaban J connectivity index is 1.64. The fraction of sp³-hybridized carbons (Fsp3) is 0.450. The number of aryl methyl sites for hydroxylation is 1. The van der Waals surface area contributed by atoms with E-state index in [0.717, 1.165) is 25.0 Å². The number of hydrogen-bond acceptors (Lipinski definition) is 4. The summed E-state index contributed by atoms with van der Waals surface area (Å²) in [7, 11) is 1.30. The van der Waals surface area contributed by atoms with Crippen LogP contribution in [0.15, 0.2) is 30.3 Å². The molecule has 9 heteroatoms. The summed E-state index contributed by atoms with van der Waals surface area (Å²) in [6.07, 6.45) is -2.65. The zero-order chi connectivity index (χ0) is 20.9. The Morgan fingerprint density at radius 3 is 2.59 bits per heavy atom. The number of carbonyl (C=O) groups excluding carboxylic acids is 2. The Bertz CT molecular complexity index is 969. The van der Waals surface area contributed by atoms with Crippen molar-refractivity contribution in [2.75, 3.05) is 13.7 Å². The summed E-state index contributed by atoms with van der Waals surface area (Å²) in [4.78, 5) is 26.8. The van der Waals surface area contributed by atoms with Crippen molar-refractivity contribution in [3.05, 3.63) is 47.3 Å². The maximum Gasteiger partial charge on any atom is 0.416 e. The topological polar surface area (TPSA) is 64.4 Å². The number of likely N-dealkylation sites (tertiary alicyclic amines) is 1. The van der Waals surface area contributed by atoms with E-state index in [9.17, 15) is 22.8 Å². The minimum absolute atomic E-state index is 0.0927. The molecule has 3 atom stereocenters. The van der Waals surface area contributed by atoms with Crippen LogP contribution in [0.4, 0.5) is 13.2 Å². The van der Waals surface area contributed by atoms with Crippen LogP contribution in [0.1, 0.15) is 34.6 Å². The number of alkyl halides is 3. The molecule has 29 heavy (non-hydrogen) atoms. The molecular weight excluding hydrogens is 387 g/mol. The van der Waals surface area contributed by atoms with Gasteiger partial charge in [0.2, 0.25) is 0 Å². The lowest BCUT2D eigenvalue weighted by atomic mass is 9.73. The summed E-state index contributed by atoms with van der Waals surface area (Å²) in [6.45, 7) is 2.12. The van der Waals surface area contributed by atoms with E-state index in [4.69, 9.17) is 4.74 Å². The number of amides is 1. The molecule has 1 aliphatic carbocycles. The van der Waals surface area contributed by atoms with Gasteiger partial charge in [0.15, 0.2) is 5.69 Å². The summed E-state index contributed by atoms with van der Waals surface area (Å²) in [5.74, 6) is -0.490. The Kier molecular flexibility index (Phi) is 4.63. The van der Waals surface area contributed by atoms with E-state index >= 15 is 0 Å². The highest BCUT2D eigenvalue weighted by Gasteiger charge is 2.52. The summed E-state index contributed by atoms with van der Waals surface area (Å²) in [5.41, 5.74) is 0.0293. The Morgan fingerprint density at radius 2 is 1.97 bits per heavy atom. The van der Waals surface area contributed by atoms with Crippen LogP contribution in [-0.4, -0.2) is 46.3 Å². The van der Waals surface area contributed by atoms with Crippen molar-refractivity contribution in [3.63, 3.8) is 0 Å². The first-order valence-corrected chi connectivity index (χ1v) is 9.34. The van der Waals surface area contributed by atoms with E-state index in [1.165, 1.54) is 34.9 Å². The number of rotatable bonds is 3. The molecule has 1 aromatic heterocycles. The zero-order valence-electron chi connectivity index (χ0n) is 15.9. The van der Waals surface area contributed by atoms with E-state index in [1.807, 2.05) is 0 Å². The van der Waals surface area contributed by atoms with Gasteiger partial charge in [-0.25, -0.2) is 9.48 Å². The average Bonchev–Trinajstić information content (AvgIpc) is 3.17. The zero-order valence-corrected chi connectivity index (χ0v) is 15.9. The number of nitrogens with zero attached hydrogens (tertiary/aromatic N) is 3. The van der Waals surface area contributed by atoms with Crippen LogP contribution in [0.2, 0.25) is 0 Å². The molecule has 2 fully saturated rings. The second kappa shape index (κ2) is 6.89. The standard InChI is InChI=1S/C20H20F3N3O3/c1-11-8-16(24-26(11)14-5-3-4-13(9-14)20(21,22)23)18(27)25-10-12-6-7-15(12)17(25)19(28)29-2/h3-5,8-9,12,15,17H,6-7,10H2,1-2H3/t12-,15-,17+/m1/s1. The van der Waals surface area contributed by atoms with Gasteiger partial charge in [0, 0.05) is 12.2 Å². The van der Waals surface area contributed by atoms with Crippen molar-refractivity contribution in [2.24, 2.45) is 11.8 Å². The maximum absolute atomic E-state index is 13.1. The summed E-state index contributed by atoms with van der Waals surface area (Å²) in [5, 5.41) is 4.24. The lowest BCUT2D eigenvalue weighted by Gasteiger charge is -2.31. The van der Waals surface area contributed by atoms with Gasteiger partial charge in [-0.2, -0.15) is 18.3 Å².